The lowest BCUT2D eigenvalue weighted by Gasteiger charge is -2.32. The van der Waals surface area contributed by atoms with Crippen LogP contribution in [0.3, 0.4) is 0 Å². The van der Waals surface area contributed by atoms with Gasteiger partial charge in [-0.1, -0.05) is 121 Å². The zero-order chi connectivity index (χ0) is 31.5. The molecule has 9 rings (SSSR count). The van der Waals surface area contributed by atoms with Crippen LogP contribution in [-0.4, -0.2) is 11.5 Å². The maximum Gasteiger partial charge on any atom is 0.0231 e. The van der Waals surface area contributed by atoms with Crippen LogP contribution in [0, 0.1) is 0 Å². The number of hydrogen-bond donors (Lipinski definition) is 2. The van der Waals surface area contributed by atoms with Crippen molar-refractivity contribution in [1.82, 2.24) is 0 Å². The minimum absolute atomic E-state index is 0.180. The predicted molar refractivity (Wildman–Crippen MR) is 210 cm³/mol. The molecule has 0 saturated heterocycles. The van der Waals surface area contributed by atoms with Gasteiger partial charge in [-0.15, -0.1) is 0 Å². The molecule has 0 aliphatic heterocycles. The third kappa shape index (κ3) is 4.39. The van der Waals surface area contributed by atoms with E-state index in [-0.39, 0.29) is 5.41 Å². The Bertz CT molecular complexity index is 2220. The van der Waals surface area contributed by atoms with Crippen LogP contribution in [0.2, 0.25) is 0 Å². The van der Waals surface area contributed by atoms with Gasteiger partial charge in [-0.05, 0) is 136 Å². The summed E-state index contributed by atoms with van der Waals surface area (Å²) in [5.41, 5.74) is 10.5. The van der Waals surface area contributed by atoms with Gasteiger partial charge in [0.2, 0.25) is 0 Å². The molecule has 8 aromatic rings. The van der Waals surface area contributed by atoms with Gasteiger partial charge in [-0.2, -0.15) is 25.3 Å². The lowest BCUT2D eigenvalue weighted by atomic mass is 9.72. The maximum atomic E-state index is 4.89. The summed E-state index contributed by atoms with van der Waals surface area (Å²) in [7, 11) is 0. The second-order valence-electron chi connectivity index (χ2n) is 12.9. The highest BCUT2D eigenvalue weighted by atomic mass is 32.1. The minimum atomic E-state index is -0.180. The monoisotopic (exact) mass is 638 g/mol. The summed E-state index contributed by atoms with van der Waals surface area (Å²) in [5.74, 6) is 1.60. The van der Waals surface area contributed by atoms with E-state index in [9.17, 15) is 0 Å². The zero-order valence-electron chi connectivity index (χ0n) is 26.1. The molecular weight excluding hydrogens is 605 g/mol. The van der Waals surface area contributed by atoms with Crippen LogP contribution in [0.25, 0.3) is 76.5 Å². The molecular formula is C45H34S2. The van der Waals surface area contributed by atoms with E-state index in [2.05, 4.69) is 146 Å². The summed E-state index contributed by atoms with van der Waals surface area (Å²) >= 11 is 9.77. The molecule has 2 heteroatoms. The highest BCUT2D eigenvalue weighted by Gasteiger charge is 2.42. The summed E-state index contributed by atoms with van der Waals surface area (Å²) in [6.45, 7) is 0. The first kappa shape index (κ1) is 28.7. The third-order valence-corrected chi connectivity index (χ3v) is 11.0. The first-order chi connectivity index (χ1) is 23.2. The molecule has 0 radical (unpaired) electrons. The molecule has 0 atom stereocenters. The fourth-order valence-electron chi connectivity index (χ4n) is 8.50. The highest BCUT2D eigenvalue weighted by Crippen LogP contribution is 2.55. The Hall–Kier alpha value is -4.50. The molecule has 1 aliphatic rings. The Morgan fingerprint density at radius 2 is 0.723 bits per heavy atom. The second kappa shape index (κ2) is 11.3. The first-order valence-corrected chi connectivity index (χ1v) is 17.8. The fraction of sp³-hybridized carbons (Fsp3) is 0.111. The van der Waals surface area contributed by atoms with E-state index in [4.69, 9.17) is 25.3 Å². The quantitative estimate of drug-likeness (QED) is 0.131. The highest BCUT2D eigenvalue weighted by molar-refractivity contribution is 7.80. The van der Waals surface area contributed by atoms with Crippen molar-refractivity contribution in [2.45, 2.75) is 18.3 Å². The molecule has 0 saturated carbocycles. The number of rotatable bonds is 6. The lowest BCUT2D eigenvalue weighted by molar-refractivity contribution is 0.500. The van der Waals surface area contributed by atoms with Crippen LogP contribution >= 0.6 is 25.3 Å². The molecule has 0 heterocycles. The van der Waals surface area contributed by atoms with Crippen molar-refractivity contribution >= 4 is 68.3 Å². The van der Waals surface area contributed by atoms with Crippen molar-refractivity contribution in [3.05, 3.63) is 157 Å². The largest absolute Gasteiger partial charge is 0.179 e. The van der Waals surface area contributed by atoms with Crippen LogP contribution in [0.5, 0.6) is 0 Å². The van der Waals surface area contributed by atoms with Crippen molar-refractivity contribution in [1.29, 1.82) is 0 Å². The Kier molecular flexibility index (Phi) is 6.92. The number of benzene rings is 8. The average Bonchev–Trinajstić information content (AvgIpc) is 3.37. The van der Waals surface area contributed by atoms with Gasteiger partial charge in [0.25, 0.3) is 0 Å². The van der Waals surface area contributed by atoms with Crippen molar-refractivity contribution in [2.75, 3.05) is 11.5 Å². The summed E-state index contributed by atoms with van der Waals surface area (Å²) < 4.78 is 0. The smallest absolute Gasteiger partial charge is 0.0231 e. The van der Waals surface area contributed by atoms with Crippen LogP contribution in [-0.2, 0) is 5.41 Å². The molecule has 0 aromatic heterocycles. The van der Waals surface area contributed by atoms with Crippen molar-refractivity contribution in [3.8, 4) is 33.4 Å². The SMILES string of the molecule is SCCC1(CCS)c2cc(-c3c4ccccc4cc4ccccc34)ccc2-c2ccc(-c3c4ccccc4cc4ccccc34)cc21. The Morgan fingerprint density at radius 3 is 1.06 bits per heavy atom. The molecule has 226 valence electrons. The van der Waals surface area contributed by atoms with E-state index >= 15 is 0 Å². The summed E-state index contributed by atoms with van der Waals surface area (Å²) in [6, 6.07) is 54.3. The lowest BCUT2D eigenvalue weighted by Crippen LogP contribution is -2.27. The summed E-state index contributed by atoms with van der Waals surface area (Å²) in [5, 5.41) is 10.3. The van der Waals surface area contributed by atoms with Gasteiger partial charge < -0.3 is 0 Å². The number of thiol groups is 2. The van der Waals surface area contributed by atoms with Crippen molar-refractivity contribution in [3.63, 3.8) is 0 Å². The van der Waals surface area contributed by atoms with Crippen LogP contribution in [0.1, 0.15) is 24.0 Å². The first-order valence-electron chi connectivity index (χ1n) is 16.5. The molecule has 1 aliphatic carbocycles. The zero-order valence-corrected chi connectivity index (χ0v) is 27.9. The van der Waals surface area contributed by atoms with E-state index in [1.165, 1.54) is 87.6 Å². The van der Waals surface area contributed by atoms with Crippen molar-refractivity contribution in [2.24, 2.45) is 0 Å². The normalized spacial score (nSPS) is 13.4. The molecule has 0 fully saturated rings. The second-order valence-corrected chi connectivity index (χ2v) is 13.8. The third-order valence-electron chi connectivity index (χ3n) is 10.6. The standard InChI is InChI=1S/C45H34S2/c46-23-21-45(22-24-47)41-27-33(43-35-13-5-1-9-29(35)25-30-10-2-6-14-36(30)43)17-19-39(41)40-20-18-34(28-42(40)45)44-37-15-7-3-11-31(37)26-32-12-4-8-16-38(32)44/h1-20,25-28,46-47H,21-24H2. The van der Waals surface area contributed by atoms with Gasteiger partial charge in [-0.25, -0.2) is 0 Å². The molecule has 0 spiro atoms. The number of hydrogen-bond acceptors (Lipinski definition) is 2. The predicted octanol–water partition coefficient (Wildman–Crippen LogP) is 12.5. The molecule has 0 nitrogen and oxygen atoms in total. The minimum Gasteiger partial charge on any atom is -0.179 e. The van der Waals surface area contributed by atoms with Crippen molar-refractivity contribution < 1.29 is 0 Å². The Labute approximate surface area is 286 Å². The summed E-state index contributed by atoms with van der Waals surface area (Å²) in [4.78, 5) is 0. The molecule has 8 aromatic carbocycles. The van der Waals surface area contributed by atoms with Crippen LogP contribution in [0.4, 0.5) is 0 Å². The van der Waals surface area contributed by atoms with Gasteiger partial charge in [-0.3, -0.25) is 0 Å². The molecule has 47 heavy (non-hydrogen) atoms. The maximum absolute atomic E-state index is 4.89. The van der Waals surface area contributed by atoms with Crippen LogP contribution in [0.15, 0.2) is 146 Å². The van der Waals surface area contributed by atoms with Gasteiger partial charge >= 0.3 is 0 Å². The fourth-order valence-corrected chi connectivity index (χ4v) is 9.26. The van der Waals surface area contributed by atoms with E-state index in [1.54, 1.807) is 0 Å². The van der Waals surface area contributed by atoms with Crippen LogP contribution < -0.4 is 0 Å². The molecule has 0 N–H and O–H groups in total. The average molecular weight is 639 g/mol. The van der Waals surface area contributed by atoms with E-state index < -0.39 is 0 Å². The summed E-state index contributed by atoms with van der Waals surface area (Å²) in [6.07, 6.45) is 1.91. The van der Waals surface area contributed by atoms with E-state index in [1.807, 2.05) is 0 Å². The van der Waals surface area contributed by atoms with Gasteiger partial charge in [0.15, 0.2) is 0 Å². The number of fused-ring (bicyclic) bond motifs is 7. The van der Waals surface area contributed by atoms with Gasteiger partial charge in [0.1, 0.15) is 0 Å². The van der Waals surface area contributed by atoms with E-state index in [0.29, 0.717) is 0 Å². The Morgan fingerprint density at radius 1 is 0.383 bits per heavy atom. The topological polar surface area (TPSA) is 0 Å². The molecule has 0 bridgehead atoms. The molecule has 0 amide bonds. The van der Waals surface area contributed by atoms with E-state index in [0.717, 1.165) is 24.3 Å². The van der Waals surface area contributed by atoms with Gasteiger partial charge in [0.05, 0.1) is 0 Å². The molecule has 0 unspecified atom stereocenters. The van der Waals surface area contributed by atoms with Gasteiger partial charge in [0, 0.05) is 5.41 Å². The Balaban J connectivity index is 1.30.